The molecule has 2 aromatic rings. The molecule has 0 aliphatic heterocycles. The second-order valence-electron chi connectivity index (χ2n) is 9.24. The van der Waals surface area contributed by atoms with Crippen LogP contribution in [0.3, 0.4) is 0 Å². The Kier molecular flexibility index (Phi) is 10.9. The predicted molar refractivity (Wildman–Crippen MR) is 149 cm³/mol. The van der Waals surface area contributed by atoms with Crippen LogP contribution in [-0.4, -0.2) is 87.6 Å². The first-order valence-electron chi connectivity index (χ1n) is 12.8. The standard InChI is InChI=1S/C30H34O12/c1-36-21-10-6-18(14-23(21)38-3)8-12-26(32)41-25-17-30(29(35)40-5,16-20(31)28(25)34)42-27(33)13-9-19-7-11-22(37-2)24(15-19)39-4/h6-15,20,25,28,31,34H,16-17H2,1-5H3/b12-8+,13-9+/t20-,25+,28+,30-/m1/s1. The van der Waals surface area contributed by atoms with Gasteiger partial charge in [-0.25, -0.2) is 14.4 Å². The van der Waals surface area contributed by atoms with Gasteiger partial charge in [0.25, 0.3) is 0 Å². The number of rotatable bonds is 11. The molecule has 3 rings (SSSR count). The smallest absolute Gasteiger partial charge is 0.350 e. The van der Waals surface area contributed by atoms with Crippen LogP contribution in [0.15, 0.2) is 48.6 Å². The van der Waals surface area contributed by atoms with E-state index in [1.54, 1.807) is 36.4 Å². The third-order valence-corrected chi connectivity index (χ3v) is 6.60. The summed E-state index contributed by atoms with van der Waals surface area (Å²) in [5, 5.41) is 21.1. The van der Waals surface area contributed by atoms with Gasteiger partial charge in [-0.05, 0) is 47.5 Å². The fourth-order valence-electron chi connectivity index (χ4n) is 4.48. The highest BCUT2D eigenvalue weighted by Gasteiger charge is 2.54. The summed E-state index contributed by atoms with van der Waals surface area (Å²) in [6, 6.07) is 9.93. The molecule has 0 bridgehead atoms. The maximum atomic E-state index is 12.8. The van der Waals surface area contributed by atoms with Crippen molar-refractivity contribution in [2.75, 3.05) is 35.5 Å². The molecule has 4 atom stereocenters. The molecule has 2 aromatic carbocycles. The summed E-state index contributed by atoms with van der Waals surface area (Å²) in [5.41, 5.74) is -0.874. The van der Waals surface area contributed by atoms with Crippen molar-refractivity contribution in [3.05, 3.63) is 59.7 Å². The maximum Gasteiger partial charge on any atom is 0.350 e. The van der Waals surface area contributed by atoms with E-state index < -0.39 is 54.7 Å². The summed E-state index contributed by atoms with van der Waals surface area (Å²) in [7, 11) is 7.02. The molecule has 226 valence electrons. The lowest BCUT2D eigenvalue weighted by Gasteiger charge is -2.41. The van der Waals surface area contributed by atoms with E-state index in [-0.39, 0.29) is 0 Å². The van der Waals surface area contributed by atoms with E-state index in [0.717, 1.165) is 19.3 Å². The van der Waals surface area contributed by atoms with Crippen LogP contribution in [0, 0.1) is 0 Å². The molecule has 1 aliphatic carbocycles. The lowest BCUT2D eigenvalue weighted by atomic mass is 9.79. The van der Waals surface area contributed by atoms with Gasteiger partial charge in [-0.3, -0.25) is 0 Å². The summed E-state index contributed by atoms with van der Waals surface area (Å²) >= 11 is 0. The van der Waals surface area contributed by atoms with Gasteiger partial charge in [-0.2, -0.15) is 0 Å². The fraction of sp³-hybridized carbons (Fsp3) is 0.367. The molecule has 0 radical (unpaired) electrons. The molecule has 0 unspecified atom stereocenters. The molecule has 1 saturated carbocycles. The van der Waals surface area contributed by atoms with Gasteiger partial charge in [0.15, 0.2) is 23.0 Å². The zero-order valence-corrected chi connectivity index (χ0v) is 23.9. The fourth-order valence-corrected chi connectivity index (χ4v) is 4.48. The van der Waals surface area contributed by atoms with Gasteiger partial charge in [0.2, 0.25) is 5.60 Å². The number of methoxy groups -OCH3 is 5. The van der Waals surface area contributed by atoms with Gasteiger partial charge in [0.05, 0.1) is 41.7 Å². The quantitative estimate of drug-likeness (QED) is 0.225. The zero-order chi connectivity index (χ0) is 30.9. The number of carbonyl (C=O) groups is 3. The van der Waals surface area contributed by atoms with Crippen LogP contribution in [0.5, 0.6) is 23.0 Å². The van der Waals surface area contributed by atoms with E-state index in [0.29, 0.717) is 34.1 Å². The third-order valence-electron chi connectivity index (χ3n) is 6.60. The van der Waals surface area contributed by atoms with Crippen LogP contribution in [0.1, 0.15) is 24.0 Å². The maximum absolute atomic E-state index is 12.8. The number of aliphatic hydroxyl groups is 2. The van der Waals surface area contributed by atoms with Crippen molar-refractivity contribution >= 4 is 30.1 Å². The number of esters is 3. The summed E-state index contributed by atoms with van der Waals surface area (Å²) in [4.78, 5) is 38.3. The van der Waals surface area contributed by atoms with Crippen molar-refractivity contribution in [3.63, 3.8) is 0 Å². The number of ether oxygens (including phenoxy) is 7. The van der Waals surface area contributed by atoms with E-state index in [9.17, 15) is 24.6 Å². The Morgan fingerprint density at radius 1 is 0.738 bits per heavy atom. The molecule has 42 heavy (non-hydrogen) atoms. The molecule has 0 amide bonds. The minimum atomic E-state index is -2.04. The molecule has 2 N–H and O–H groups in total. The van der Waals surface area contributed by atoms with Gasteiger partial charge < -0.3 is 43.4 Å². The molecule has 1 fully saturated rings. The second kappa shape index (κ2) is 14.4. The first-order chi connectivity index (χ1) is 20.1. The van der Waals surface area contributed by atoms with E-state index in [2.05, 4.69) is 0 Å². The number of benzene rings is 2. The van der Waals surface area contributed by atoms with Crippen molar-refractivity contribution in [1.82, 2.24) is 0 Å². The Morgan fingerprint density at radius 2 is 1.24 bits per heavy atom. The Labute approximate surface area is 243 Å². The molecule has 0 aromatic heterocycles. The van der Waals surface area contributed by atoms with Crippen molar-refractivity contribution in [2.45, 2.75) is 36.8 Å². The van der Waals surface area contributed by atoms with Gasteiger partial charge in [-0.15, -0.1) is 0 Å². The molecular weight excluding hydrogens is 552 g/mol. The molecular formula is C30H34O12. The van der Waals surface area contributed by atoms with Crippen LogP contribution in [-0.2, 0) is 28.6 Å². The van der Waals surface area contributed by atoms with Gasteiger partial charge in [0.1, 0.15) is 12.2 Å². The topological polar surface area (TPSA) is 156 Å². The van der Waals surface area contributed by atoms with E-state index >= 15 is 0 Å². The summed E-state index contributed by atoms with van der Waals surface area (Å²) in [6.45, 7) is 0. The SMILES string of the molecule is COC(=O)[C@@]1(OC(=O)/C=C/c2ccc(OC)c(OC)c2)C[C@@H](O)[C@H](O)[C@@H](OC(=O)/C=C/c2ccc(OC)c(OC)c2)C1. The van der Waals surface area contributed by atoms with Gasteiger partial charge >= 0.3 is 17.9 Å². The van der Waals surface area contributed by atoms with E-state index in [1.165, 1.54) is 40.6 Å². The first-order valence-corrected chi connectivity index (χ1v) is 12.8. The van der Waals surface area contributed by atoms with Crippen molar-refractivity contribution < 1.29 is 57.8 Å². The predicted octanol–water partition coefficient (Wildman–Crippen LogP) is 2.33. The molecule has 12 heteroatoms. The summed E-state index contributed by atoms with van der Waals surface area (Å²) in [5.74, 6) is -0.904. The van der Waals surface area contributed by atoms with E-state index in [4.69, 9.17) is 33.2 Å². The van der Waals surface area contributed by atoms with Crippen molar-refractivity contribution in [3.8, 4) is 23.0 Å². The normalized spacial score (nSPS) is 21.9. The Bertz CT molecular complexity index is 1330. The Balaban J connectivity index is 1.76. The van der Waals surface area contributed by atoms with Crippen LogP contribution in [0.2, 0.25) is 0 Å². The van der Waals surface area contributed by atoms with Crippen LogP contribution >= 0.6 is 0 Å². The summed E-state index contributed by atoms with van der Waals surface area (Å²) in [6.07, 6.45) is -0.408. The zero-order valence-electron chi connectivity index (χ0n) is 23.9. The minimum Gasteiger partial charge on any atom is -0.493 e. The number of hydrogen-bond acceptors (Lipinski definition) is 12. The molecule has 0 saturated heterocycles. The van der Waals surface area contributed by atoms with Gasteiger partial charge in [-0.1, -0.05) is 12.1 Å². The van der Waals surface area contributed by atoms with Crippen molar-refractivity contribution in [2.24, 2.45) is 0 Å². The number of hydrogen-bond donors (Lipinski definition) is 2. The van der Waals surface area contributed by atoms with Crippen molar-refractivity contribution in [1.29, 1.82) is 0 Å². The minimum absolute atomic E-state index is 0.438. The molecule has 0 heterocycles. The Hall–Kier alpha value is -4.55. The van der Waals surface area contributed by atoms with Crippen LogP contribution in [0.25, 0.3) is 12.2 Å². The van der Waals surface area contributed by atoms with Gasteiger partial charge in [0, 0.05) is 25.0 Å². The summed E-state index contributed by atoms with van der Waals surface area (Å²) < 4.78 is 36.6. The number of aliphatic hydroxyl groups excluding tert-OH is 2. The highest BCUT2D eigenvalue weighted by atomic mass is 16.6. The van der Waals surface area contributed by atoms with Crippen LogP contribution in [0.4, 0.5) is 0 Å². The average molecular weight is 587 g/mol. The Morgan fingerprint density at radius 3 is 1.71 bits per heavy atom. The lowest BCUT2D eigenvalue weighted by molar-refractivity contribution is -0.208. The third kappa shape index (κ3) is 7.59. The largest absolute Gasteiger partial charge is 0.493 e. The highest BCUT2D eigenvalue weighted by molar-refractivity contribution is 5.91. The molecule has 12 nitrogen and oxygen atoms in total. The molecule has 0 spiro atoms. The monoisotopic (exact) mass is 586 g/mol. The molecule has 1 aliphatic rings. The average Bonchev–Trinajstić information content (AvgIpc) is 3.00. The first kappa shape index (κ1) is 32.0. The van der Waals surface area contributed by atoms with Crippen LogP contribution < -0.4 is 18.9 Å². The lowest BCUT2D eigenvalue weighted by Crippen LogP contribution is -2.59. The van der Waals surface area contributed by atoms with E-state index in [1.807, 2.05) is 0 Å². The second-order valence-corrected chi connectivity index (χ2v) is 9.24. The highest BCUT2D eigenvalue weighted by Crippen LogP contribution is 2.36. The number of carbonyl (C=O) groups excluding carboxylic acids is 3.